The van der Waals surface area contributed by atoms with E-state index in [2.05, 4.69) is 13.8 Å². The zero-order chi connectivity index (χ0) is 21.8. The van der Waals surface area contributed by atoms with Crippen LogP contribution in [0.15, 0.2) is 60.7 Å². The summed E-state index contributed by atoms with van der Waals surface area (Å²) in [6.07, 6.45) is 0.366. The molecule has 3 aromatic carbocycles. The maximum absolute atomic E-state index is 11.5. The first-order valence-corrected chi connectivity index (χ1v) is 9.85. The molecule has 3 aromatic rings. The Kier molecular flexibility index (Phi) is 6.21. The number of benzene rings is 3. The lowest BCUT2D eigenvalue weighted by Crippen LogP contribution is -2.15. The number of nitrogens with two attached hydrogens (primary N) is 3. The van der Waals surface area contributed by atoms with Crippen molar-refractivity contribution < 1.29 is 9.59 Å². The van der Waals surface area contributed by atoms with Gasteiger partial charge in [0, 0.05) is 11.6 Å². The van der Waals surface area contributed by atoms with Gasteiger partial charge in [-0.1, -0.05) is 48.5 Å². The molecule has 0 atom stereocenters. The lowest BCUT2D eigenvalue weighted by atomic mass is 9.80. The average molecular weight is 402 g/mol. The Morgan fingerprint density at radius 3 is 1.57 bits per heavy atom. The number of carbonyl (C=O) groups is 2. The fourth-order valence-corrected chi connectivity index (χ4v) is 3.84. The summed E-state index contributed by atoms with van der Waals surface area (Å²) in [7, 11) is 0. The first kappa shape index (κ1) is 21.1. The number of hydrogen-bond acceptors (Lipinski definition) is 3. The molecule has 2 amide bonds. The van der Waals surface area contributed by atoms with Gasteiger partial charge in [0.05, 0.1) is 12.8 Å². The van der Waals surface area contributed by atoms with E-state index in [1.807, 2.05) is 60.7 Å². The number of rotatable bonds is 7. The van der Waals surface area contributed by atoms with Gasteiger partial charge < -0.3 is 17.2 Å². The van der Waals surface area contributed by atoms with Gasteiger partial charge >= 0.3 is 0 Å². The molecule has 6 N–H and O–H groups in total. The van der Waals surface area contributed by atoms with Crippen LogP contribution in [0.4, 0.5) is 5.69 Å². The van der Waals surface area contributed by atoms with Crippen molar-refractivity contribution in [3.63, 3.8) is 0 Å². The molecule has 0 aliphatic heterocycles. The highest BCUT2D eigenvalue weighted by Gasteiger charge is 2.22. The van der Waals surface area contributed by atoms with E-state index >= 15 is 0 Å². The molecule has 0 aliphatic rings. The Morgan fingerprint density at radius 1 is 0.733 bits per heavy atom. The summed E-state index contributed by atoms with van der Waals surface area (Å²) >= 11 is 0. The first-order chi connectivity index (χ1) is 14.2. The number of aryl methyl sites for hydroxylation is 2. The van der Waals surface area contributed by atoms with Gasteiger partial charge in [0.1, 0.15) is 0 Å². The molecule has 154 valence electrons. The number of anilines is 1. The van der Waals surface area contributed by atoms with Crippen LogP contribution in [0, 0.1) is 13.8 Å². The zero-order valence-corrected chi connectivity index (χ0v) is 17.3. The molecular formula is C25H27N3O2. The van der Waals surface area contributed by atoms with E-state index in [1.165, 1.54) is 0 Å². The molecule has 3 rings (SSSR count). The van der Waals surface area contributed by atoms with Crippen LogP contribution in [0.5, 0.6) is 0 Å². The van der Waals surface area contributed by atoms with Crippen LogP contribution < -0.4 is 17.2 Å². The second-order valence-corrected chi connectivity index (χ2v) is 7.77. The zero-order valence-electron chi connectivity index (χ0n) is 17.3. The van der Waals surface area contributed by atoms with Crippen molar-refractivity contribution in [3.8, 4) is 0 Å². The molecule has 0 fully saturated rings. The Labute approximate surface area is 176 Å². The van der Waals surface area contributed by atoms with E-state index in [0.29, 0.717) is 5.69 Å². The summed E-state index contributed by atoms with van der Waals surface area (Å²) in [5, 5.41) is 0. The summed E-state index contributed by atoms with van der Waals surface area (Å²) in [4.78, 5) is 23.0. The first-order valence-electron chi connectivity index (χ1n) is 9.85. The van der Waals surface area contributed by atoms with Crippen molar-refractivity contribution in [1.29, 1.82) is 0 Å². The van der Waals surface area contributed by atoms with Crippen LogP contribution >= 0.6 is 0 Å². The fraction of sp³-hybridized carbons (Fsp3) is 0.200. The summed E-state index contributed by atoms with van der Waals surface area (Å²) < 4.78 is 0. The summed E-state index contributed by atoms with van der Waals surface area (Å²) in [6.45, 7) is 4.10. The molecule has 0 spiro atoms. The van der Waals surface area contributed by atoms with Gasteiger partial charge in [-0.05, 0) is 64.9 Å². The van der Waals surface area contributed by atoms with Crippen molar-refractivity contribution in [2.45, 2.75) is 32.6 Å². The fourth-order valence-electron chi connectivity index (χ4n) is 3.84. The Morgan fingerprint density at radius 2 is 1.17 bits per heavy atom. The van der Waals surface area contributed by atoms with E-state index in [0.717, 1.165) is 38.9 Å². The normalized spacial score (nSPS) is 10.9. The predicted octanol–water partition coefficient (Wildman–Crippen LogP) is 3.12. The molecule has 0 saturated heterocycles. The third kappa shape index (κ3) is 4.87. The monoisotopic (exact) mass is 401 g/mol. The highest BCUT2D eigenvalue weighted by Crippen LogP contribution is 2.37. The van der Waals surface area contributed by atoms with E-state index < -0.39 is 0 Å². The third-order valence-electron chi connectivity index (χ3n) is 5.34. The number of carbonyl (C=O) groups excluding carboxylic acids is 2. The van der Waals surface area contributed by atoms with E-state index in [-0.39, 0.29) is 30.6 Å². The topological polar surface area (TPSA) is 112 Å². The lowest BCUT2D eigenvalue weighted by molar-refractivity contribution is -0.118. The summed E-state index contributed by atoms with van der Waals surface area (Å²) in [6, 6.07) is 19.8. The number of nitrogen functional groups attached to an aromatic ring is 1. The summed E-state index contributed by atoms with van der Waals surface area (Å²) in [5.74, 6) is -0.826. The number of hydrogen-bond donors (Lipinski definition) is 3. The highest BCUT2D eigenvalue weighted by atomic mass is 16.1. The lowest BCUT2D eigenvalue weighted by Gasteiger charge is -2.24. The van der Waals surface area contributed by atoms with Crippen molar-refractivity contribution in [3.05, 3.63) is 99.6 Å². The Bertz CT molecular complexity index is 1020. The van der Waals surface area contributed by atoms with Crippen LogP contribution in [0.3, 0.4) is 0 Å². The van der Waals surface area contributed by atoms with E-state index in [9.17, 15) is 9.59 Å². The number of amides is 2. The van der Waals surface area contributed by atoms with Crippen LogP contribution in [0.25, 0.3) is 0 Å². The minimum atomic E-state index is -0.367. The largest absolute Gasteiger partial charge is 0.399 e. The standard InChI is InChI=1S/C25H27N3O2/c1-15-3-5-17(13-23(27)29)11-21(15)25(19-7-9-20(26)10-8-19)22-12-18(14-24(28)30)6-4-16(22)2/h3-12,25H,13-14,26H2,1-2H3,(H2,27,29)(H2,28,30). The van der Waals surface area contributed by atoms with Gasteiger partial charge in [0.15, 0.2) is 0 Å². The molecule has 0 radical (unpaired) electrons. The highest BCUT2D eigenvalue weighted by molar-refractivity contribution is 5.77. The molecule has 0 aromatic heterocycles. The predicted molar refractivity (Wildman–Crippen MR) is 120 cm³/mol. The smallest absolute Gasteiger partial charge is 0.221 e. The van der Waals surface area contributed by atoms with Crippen LogP contribution in [-0.2, 0) is 22.4 Å². The molecule has 0 saturated carbocycles. The minimum Gasteiger partial charge on any atom is -0.399 e. The Balaban J connectivity index is 2.22. The van der Waals surface area contributed by atoms with Crippen molar-refractivity contribution in [1.82, 2.24) is 0 Å². The van der Waals surface area contributed by atoms with Gasteiger partial charge in [0.25, 0.3) is 0 Å². The van der Waals surface area contributed by atoms with Gasteiger partial charge in [-0.2, -0.15) is 0 Å². The van der Waals surface area contributed by atoms with Gasteiger partial charge in [-0.15, -0.1) is 0 Å². The summed E-state index contributed by atoms with van der Waals surface area (Å²) in [5.41, 5.74) is 24.6. The molecule has 0 unspecified atom stereocenters. The van der Waals surface area contributed by atoms with Gasteiger partial charge in [0.2, 0.25) is 11.8 Å². The second-order valence-electron chi connectivity index (χ2n) is 7.77. The molecule has 5 heteroatoms. The van der Waals surface area contributed by atoms with Gasteiger partial charge in [-0.3, -0.25) is 9.59 Å². The quantitative estimate of drug-likeness (QED) is 0.417. The maximum atomic E-state index is 11.5. The van der Waals surface area contributed by atoms with Crippen LogP contribution in [0.1, 0.15) is 44.9 Å². The van der Waals surface area contributed by atoms with Crippen LogP contribution in [-0.4, -0.2) is 11.8 Å². The molecule has 30 heavy (non-hydrogen) atoms. The van der Waals surface area contributed by atoms with Crippen molar-refractivity contribution in [2.24, 2.45) is 11.5 Å². The molecule has 0 heterocycles. The number of primary amides is 2. The molecule has 5 nitrogen and oxygen atoms in total. The van der Waals surface area contributed by atoms with E-state index in [1.54, 1.807) is 0 Å². The van der Waals surface area contributed by atoms with Gasteiger partial charge in [-0.25, -0.2) is 0 Å². The molecular weight excluding hydrogens is 374 g/mol. The third-order valence-corrected chi connectivity index (χ3v) is 5.34. The van der Waals surface area contributed by atoms with Crippen LogP contribution in [0.2, 0.25) is 0 Å². The average Bonchev–Trinajstić information content (AvgIpc) is 2.67. The minimum absolute atomic E-state index is 0.0914. The second kappa shape index (κ2) is 8.82. The molecule has 0 aliphatic carbocycles. The molecule has 0 bridgehead atoms. The SMILES string of the molecule is Cc1ccc(CC(N)=O)cc1C(c1ccc(N)cc1)c1cc(CC(N)=O)ccc1C. The van der Waals surface area contributed by atoms with E-state index in [4.69, 9.17) is 17.2 Å². The van der Waals surface area contributed by atoms with Crippen molar-refractivity contribution >= 4 is 17.5 Å². The Hall–Kier alpha value is -3.60. The van der Waals surface area contributed by atoms with Crippen molar-refractivity contribution in [2.75, 3.05) is 5.73 Å². The maximum Gasteiger partial charge on any atom is 0.221 e.